The largest absolute Gasteiger partial charge is 0.496 e. The molecule has 0 fully saturated rings. The maximum atomic E-state index is 13.5. The maximum Gasteiger partial charge on any atom is 0.198 e. The minimum atomic E-state index is -0.471. The van der Waals surface area contributed by atoms with Crippen molar-refractivity contribution >= 4 is 37.6 Å². The van der Waals surface area contributed by atoms with Gasteiger partial charge in [0, 0.05) is 10.0 Å². The van der Waals surface area contributed by atoms with Crippen molar-refractivity contribution < 1.29 is 13.9 Å². The Morgan fingerprint density at radius 1 is 1.20 bits per heavy atom. The minimum Gasteiger partial charge on any atom is -0.496 e. The molecule has 0 atom stereocenters. The Balaban J connectivity index is 2.59. The van der Waals surface area contributed by atoms with Gasteiger partial charge in [-0.1, -0.05) is 22.0 Å². The van der Waals surface area contributed by atoms with Gasteiger partial charge in [-0.3, -0.25) is 4.79 Å². The molecule has 0 aliphatic rings. The van der Waals surface area contributed by atoms with Gasteiger partial charge < -0.3 is 4.74 Å². The summed E-state index contributed by atoms with van der Waals surface area (Å²) in [5.41, 5.74) is 1.60. The Kier molecular flexibility index (Phi) is 4.60. The Labute approximate surface area is 133 Å². The van der Waals surface area contributed by atoms with Crippen molar-refractivity contribution in [2.24, 2.45) is 0 Å². The van der Waals surface area contributed by atoms with Crippen LogP contribution in [0.5, 0.6) is 5.75 Å². The van der Waals surface area contributed by atoms with Crippen molar-refractivity contribution in [3.8, 4) is 5.75 Å². The molecule has 0 unspecified atom stereocenters. The van der Waals surface area contributed by atoms with Crippen LogP contribution in [0.15, 0.2) is 39.3 Å². The lowest BCUT2D eigenvalue weighted by atomic mass is 10.0. The standard InChI is InChI=1S/C15H11Br2FO2/c1-8-6-13(20-2)10(7-11(8)16)15(19)9-4-3-5-12(18)14(9)17/h3-7H,1-2H3. The van der Waals surface area contributed by atoms with E-state index < -0.39 is 5.82 Å². The number of benzene rings is 2. The fourth-order valence-corrected chi connectivity index (χ4v) is 2.61. The topological polar surface area (TPSA) is 26.3 Å². The lowest BCUT2D eigenvalue weighted by Crippen LogP contribution is -2.06. The van der Waals surface area contributed by atoms with Crippen LogP contribution >= 0.6 is 31.9 Å². The smallest absolute Gasteiger partial charge is 0.198 e. The van der Waals surface area contributed by atoms with Gasteiger partial charge in [0.2, 0.25) is 0 Å². The molecule has 2 aromatic carbocycles. The van der Waals surface area contributed by atoms with Crippen LogP contribution in [0.1, 0.15) is 21.5 Å². The Hall–Kier alpha value is -1.20. The van der Waals surface area contributed by atoms with Gasteiger partial charge in [-0.2, -0.15) is 0 Å². The number of ether oxygens (including phenoxy) is 1. The first-order valence-electron chi connectivity index (χ1n) is 5.78. The van der Waals surface area contributed by atoms with Crippen molar-refractivity contribution in [2.45, 2.75) is 6.92 Å². The third-order valence-electron chi connectivity index (χ3n) is 2.92. The molecule has 0 radical (unpaired) electrons. The van der Waals surface area contributed by atoms with Crippen LogP contribution in [0.25, 0.3) is 0 Å². The van der Waals surface area contributed by atoms with Gasteiger partial charge in [-0.15, -0.1) is 0 Å². The summed E-state index contributed by atoms with van der Waals surface area (Å²) in [6.07, 6.45) is 0. The SMILES string of the molecule is COc1cc(C)c(Br)cc1C(=O)c1cccc(F)c1Br. The first kappa shape index (κ1) is 15.2. The number of halogens is 3. The normalized spacial score (nSPS) is 10.4. The van der Waals surface area contributed by atoms with E-state index in [0.29, 0.717) is 11.3 Å². The van der Waals surface area contributed by atoms with Gasteiger partial charge in [0.15, 0.2) is 5.78 Å². The second kappa shape index (κ2) is 6.06. The number of hydrogen-bond acceptors (Lipinski definition) is 2. The van der Waals surface area contributed by atoms with E-state index in [1.165, 1.54) is 19.2 Å². The lowest BCUT2D eigenvalue weighted by Gasteiger charge is -2.11. The summed E-state index contributed by atoms with van der Waals surface area (Å²) in [7, 11) is 1.50. The summed E-state index contributed by atoms with van der Waals surface area (Å²) in [6.45, 7) is 1.90. The molecule has 5 heteroatoms. The van der Waals surface area contributed by atoms with Gasteiger partial charge >= 0.3 is 0 Å². The maximum absolute atomic E-state index is 13.5. The molecule has 0 saturated carbocycles. The molecule has 2 rings (SSSR count). The molecule has 0 saturated heterocycles. The third-order valence-corrected chi connectivity index (χ3v) is 4.58. The van der Waals surface area contributed by atoms with Gasteiger partial charge in [0.1, 0.15) is 11.6 Å². The average Bonchev–Trinajstić information content (AvgIpc) is 2.43. The van der Waals surface area contributed by atoms with Crippen LogP contribution in [0.4, 0.5) is 4.39 Å². The third kappa shape index (κ3) is 2.79. The molecular formula is C15H11Br2FO2. The predicted molar refractivity (Wildman–Crippen MR) is 83.0 cm³/mol. The highest BCUT2D eigenvalue weighted by molar-refractivity contribution is 9.10. The van der Waals surface area contributed by atoms with E-state index in [1.807, 2.05) is 6.92 Å². The highest BCUT2D eigenvalue weighted by Crippen LogP contribution is 2.31. The predicted octanol–water partition coefficient (Wildman–Crippen LogP) is 4.90. The second-order valence-corrected chi connectivity index (χ2v) is 5.88. The fraction of sp³-hybridized carbons (Fsp3) is 0.133. The van der Waals surface area contributed by atoms with E-state index in [1.54, 1.807) is 18.2 Å². The minimum absolute atomic E-state index is 0.156. The summed E-state index contributed by atoms with van der Waals surface area (Å²) in [6, 6.07) is 7.83. The van der Waals surface area contributed by atoms with Crippen LogP contribution in [0.2, 0.25) is 0 Å². The molecular weight excluding hydrogens is 391 g/mol. The van der Waals surface area contributed by atoms with Crippen LogP contribution in [0, 0.1) is 12.7 Å². The zero-order chi connectivity index (χ0) is 14.9. The van der Waals surface area contributed by atoms with Crippen LogP contribution in [0.3, 0.4) is 0 Å². The van der Waals surface area contributed by atoms with Crippen molar-refractivity contribution in [3.63, 3.8) is 0 Å². The summed E-state index contributed by atoms with van der Waals surface area (Å²) in [5.74, 6) is -0.304. The number of hydrogen-bond donors (Lipinski definition) is 0. The molecule has 0 aliphatic heterocycles. The summed E-state index contributed by atoms with van der Waals surface area (Å²) in [4.78, 5) is 12.6. The number of carbonyl (C=O) groups excluding carboxylic acids is 1. The van der Waals surface area contributed by atoms with Crippen molar-refractivity contribution in [1.82, 2.24) is 0 Å². The number of carbonyl (C=O) groups is 1. The molecule has 0 spiro atoms. The zero-order valence-electron chi connectivity index (χ0n) is 10.8. The van der Waals surface area contributed by atoms with Crippen LogP contribution in [-0.2, 0) is 0 Å². The molecule has 0 N–H and O–H groups in total. The monoisotopic (exact) mass is 400 g/mol. The number of methoxy groups -OCH3 is 1. The number of ketones is 1. The van der Waals surface area contributed by atoms with E-state index in [2.05, 4.69) is 31.9 Å². The number of rotatable bonds is 3. The Morgan fingerprint density at radius 2 is 1.90 bits per heavy atom. The molecule has 0 amide bonds. The summed E-state index contributed by atoms with van der Waals surface area (Å²) >= 11 is 6.50. The zero-order valence-corrected chi connectivity index (χ0v) is 14.0. The van der Waals surface area contributed by atoms with Gasteiger partial charge in [0.25, 0.3) is 0 Å². The summed E-state index contributed by atoms with van der Waals surface area (Å²) in [5, 5.41) is 0. The molecule has 20 heavy (non-hydrogen) atoms. The first-order valence-corrected chi connectivity index (χ1v) is 7.37. The van der Waals surface area contributed by atoms with E-state index >= 15 is 0 Å². The highest BCUT2D eigenvalue weighted by Gasteiger charge is 2.19. The first-order chi connectivity index (χ1) is 9.45. The lowest BCUT2D eigenvalue weighted by molar-refractivity contribution is 0.103. The van der Waals surface area contributed by atoms with Gasteiger partial charge in [0.05, 0.1) is 17.1 Å². The van der Waals surface area contributed by atoms with E-state index in [9.17, 15) is 9.18 Å². The van der Waals surface area contributed by atoms with Crippen LogP contribution < -0.4 is 4.74 Å². The van der Waals surface area contributed by atoms with Gasteiger partial charge in [-0.25, -0.2) is 4.39 Å². The van der Waals surface area contributed by atoms with Crippen molar-refractivity contribution in [1.29, 1.82) is 0 Å². The molecule has 2 nitrogen and oxygen atoms in total. The summed E-state index contributed by atoms with van der Waals surface area (Å²) < 4.78 is 19.7. The van der Waals surface area contributed by atoms with Crippen LogP contribution in [-0.4, -0.2) is 12.9 Å². The molecule has 0 aliphatic carbocycles. The van der Waals surface area contributed by atoms with E-state index in [-0.39, 0.29) is 15.8 Å². The second-order valence-electron chi connectivity index (χ2n) is 4.23. The van der Waals surface area contributed by atoms with Gasteiger partial charge in [-0.05, 0) is 52.7 Å². The van der Waals surface area contributed by atoms with E-state index in [0.717, 1.165) is 10.0 Å². The Morgan fingerprint density at radius 3 is 2.55 bits per heavy atom. The molecule has 0 heterocycles. The van der Waals surface area contributed by atoms with E-state index in [4.69, 9.17) is 4.74 Å². The molecule has 2 aromatic rings. The quantitative estimate of drug-likeness (QED) is 0.683. The fourth-order valence-electron chi connectivity index (χ4n) is 1.83. The average molecular weight is 402 g/mol. The van der Waals surface area contributed by atoms with Crippen molar-refractivity contribution in [3.05, 3.63) is 61.8 Å². The van der Waals surface area contributed by atoms with Crippen molar-refractivity contribution in [2.75, 3.05) is 7.11 Å². The Bertz CT molecular complexity index is 684. The molecule has 0 aromatic heterocycles. The molecule has 0 bridgehead atoms. The highest BCUT2D eigenvalue weighted by atomic mass is 79.9. The number of aryl methyl sites for hydroxylation is 1. The molecule has 104 valence electrons.